The summed E-state index contributed by atoms with van der Waals surface area (Å²) in [6, 6.07) is 6.21. The van der Waals surface area contributed by atoms with E-state index in [1.807, 2.05) is 13.8 Å². The van der Waals surface area contributed by atoms with Crippen LogP contribution in [0.5, 0.6) is 11.5 Å². The fraction of sp³-hybridized carbons (Fsp3) is 0.500. The Morgan fingerprint density at radius 2 is 1.91 bits per heavy atom. The molecule has 2 aromatic rings. The molecular formula is C26H32FNO5. The third kappa shape index (κ3) is 5.70. The normalized spacial score (nSPS) is 16.8. The lowest BCUT2D eigenvalue weighted by atomic mass is 9.79. The van der Waals surface area contributed by atoms with E-state index in [1.54, 1.807) is 13.0 Å². The van der Waals surface area contributed by atoms with Gasteiger partial charge in [-0.2, -0.15) is 0 Å². The standard InChI is InChI=1S/C26H32FNO5/c1-15-13-19(27)9-10-20(15)23(18-7-5-6-8-18)17(3)33-26(31)16(2)14-21(29)24-25(30)22(32-4)11-12-28-24/h9-13,16-18,23,30H,5-8,14H2,1-4H3/t16-,17+,23+/m1/s1. The maximum atomic E-state index is 13.7. The molecule has 1 aliphatic rings. The van der Waals surface area contributed by atoms with Crippen molar-refractivity contribution in [2.45, 2.75) is 64.9 Å². The number of Topliss-reactive ketones (excluding diaryl/α,β-unsaturated/α-hetero) is 1. The number of esters is 1. The van der Waals surface area contributed by atoms with Gasteiger partial charge in [0.1, 0.15) is 11.9 Å². The van der Waals surface area contributed by atoms with E-state index in [0.29, 0.717) is 5.92 Å². The van der Waals surface area contributed by atoms with Crippen LogP contribution >= 0.6 is 0 Å². The van der Waals surface area contributed by atoms with Crippen LogP contribution in [-0.4, -0.2) is 35.1 Å². The van der Waals surface area contributed by atoms with Gasteiger partial charge in [0.05, 0.1) is 13.0 Å². The fourth-order valence-corrected chi connectivity index (χ4v) is 4.86. The van der Waals surface area contributed by atoms with Crippen LogP contribution in [0, 0.1) is 24.6 Å². The van der Waals surface area contributed by atoms with E-state index in [9.17, 15) is 19.1 Å². The van der Waals surface area contributed by atoms with Crippen molar-refractivity contribution in [2.24, 2.45) is 11.8 Å². The molecule has 0 radical (unpaired) electrons. The number of methoxy groups -OCH3 is 1. The lowest BCUT2D eigenvalue weighted by molar-refractivity contribution is -0.154. The monoisotopic (exact) mass is 457 g/mol. The zero-order valence-corrected chi connectivity index (χ0v) is 19.6. The molecule has 1 aliphatic carbocycles. The average molecular weight is 458 g/mol. The van der Waals surface area contributed by atoms with Crippen LogP contribution in [-0.2, 0) is 9.53 Å². The largest absolute Gasteiger partial charge is 0.503 e. The van der Waals surface area contributed by atoms with E-state index in [0.717, 1.165) is 36.8 Å². The van der Waals surface area contributed by atoms with Gasteiger partial charge >= 0.3 is 5.97 Å². The molecule has 0 aliphatic heterocycles. The van der Waals surface area contributed by atoms with Gasteiger partial charge in [-0.15, -0.1) is 0 Å². The van der Waals surface area contributed by atoms with Crippen molar-refractivity contribution in [1.82, 2.24) is 4.98 Å². The molecule has 6 nitrogen and oxygen atoms in total. The van der Waals surface area contributed by atoms with Crippen LogP contribution in [0.25, 0.3) is 0 Å². The van der Waals surface area contributed by atoms with Gasteiger partial charge in [0.25, 0.3) is 0 Å². The molecule has 1 N–H and O–H groups in total. The number of carbonyl (C=O) groups excluding carboxylic acids is 2. The summed E-state index contributed by atoms with van der Waals surface area (Å²) in [5.41, 5.74) is 1.71. The maximum Gasteiger partial charge on any atom is 0.309 e. The van der Waals surface area contributed by atoms with Gasteiger partial charge in [0.2, 0.25) is 0 Å². The third-order valence-corrected chi connectivity index (χ3v) is 6.57. The van der Waals surface area contributed by atoms with Crippen molar-refractivity contribution in [2.75, 3.05) is 7.11 Å². The summed E-state index contributed by atoms with van der Waals surface area (Å²) in [5.74, 6) is -1.83. The Hall–Kier alpha value is -2.96. The van der Waals surface area contributed by atoms with Gasteiger partial charge in [-0.25, -0.2) is 9.37 Å². The second kappa shape index (κ2) is 10.8. The number of ether oxygens (including phenoxy) is 2. The van der Waals surface area contributed by atoms with Crippen molar-refractivity contribution >= 4 is 11.8 Å². The predicted molar refractivity (Wildman–Crippen MR) is 122 cm³/mol. The molecule has 7 heteroatoms. The second-order valence-electron chi connectivity index (χ2n) is 8.95. The molecule has 1 aromatic heterocycles. The van der Waals surface area contributed by atoms with Crippen LogP contribution in [0.15, 0.2) is 30.5 Å². The van der Waals surface area contributed by atoms with E-state index in [1.165, 1.54) is 31.5 Å². The summed E-state index contributed by atoms with van der Waals surface area (Å²) in [6.07, 6.45) is 5.13. The number of aryl methyl sites for hydroxylation is 1. The predicted octanol–water partition coefficient (Wildman–Crippen LogP) is 5.36. The number of hydrogen-bond acceptors (Lipinski definition) is 6. The van der Waals surface area contributed by atoms with Gasteiger partial charge in [-0.3, -0.25) is 9.59 Å². The number of aromatic hydroxyl groups is 1. The summed E-state index contributed by atoms with van der Waals surface area (Å²) in [4.78, 5) is 29.5. The number of pyridine rings is 1. The number of ketones is 1. The Morgan fingerprint density at radius 1 is 1.21 bits per heavy atom. The van der Waals surface area contributed by atoms with E-state index < -0.39 is 23.8 Å². The third-order valence-electron chi connectivity index (χ3n) is 6.57. The molecule has 0 unspecified atom stereocenters. The smallest absolute Gasteiger partial charge is 0.309 e. The van der Waals surface area contributed by atoms with Crippen molar-refractivity contribution in [3.63, 3.8) is 0 Å². The lowest BCUT2D eigenvalue weighted by Gasteiger charge is -2.31. The lowest BCUT2D eigenvalue weighted by Crippen LogP contribution is -2.30. The molecule has 178 valence electrons. The van der Waals surface area contributed by atoms with E-state index in [-0.39, 0.29) is 35.3 Å². The highest BCUT2D eigenvalue weighted by Gasteiger charge is 2.35. The average Bonchev–Trinajstić information content (AvgIpc) is 3.29. The summed E-state index contributed by atoms with van der Waals surface area (Å²) in [5, 5.41) is 10.2. The molecular weight excluding hydrogens is 425 g/mol. The first-order chi connectivity index (χ1) is 15.7. The minimum atomic E-state index is -0.717. The van der Waals surface area contributed by atoms with E-state index in [2.05, 4.69) is 4.98 Å². The quantitative estimate of drug-likeness (QED) is 0.403. The number of aromatic nitrogens is 1. The molecule has 3 rings (SSSR count). The molecule has 33 heavy (non-hydrogen) atoms. The van der Waals surface area contributed by atoms with Crippen molar-refractivity contribution in [3.05, 3.63) is 53.1 Å². The topological polar surface area (TPSA) is 85.7 Å². The summed E-state index contributed by atoms with van der Waals surface area (Å²) in [6.45, 7) is 5.37. The number of nitrogens with zero attached hydrogens (tertiary/aromatic N) is 1. The minimum Gasteiger partial charge on any atom is -0.503 e. The van der Waals surface area contributed by atoms with Crippen molar-refractivity contribution < 1.29 is 28.6 Å². The van der Waals surface area contributed by atoms with Gasteiger partial charge in [-0.05, 0) is 55.9 Å². The Kier molecular flexibility index (Phi) is 8.06. The molecule has 0 bridgehead atoms. The molecule has 1 aromatic carbocycles. The van der Waals surface area contributed by atoms with Crippen LogP contribution in [0.3, 0.4) is 0 Å². The number of carbonyl (C=O) groups is 2. The molecule has 3 atom stereocenters. The number of hydrogen-bond donors (Lipinski definition) is 1. The van der Waals surface area contributed by atoms with E-state index >= 15 is 0 Å². The van der Waals surface area contributed by atoms with Crippen LogP contribution < -0.4 is 4.74 Å². The van der Waals surface area contributed by atoms with Crippen LogP contribution in [0.1, 0.15) is 73.5 Å². The first kappa shape index (κ1) is 24.7. The first-order valence-corrected chi connectivity index (χ1v) is 11.4. The van der Waals surface area contributed by atoms with Crippen LogP contribution in [0.2, 0.25) is 0 Å². The maximum absolute atomic E-state index is 13.7. The second-order valence-corrected chi connectivity index (χ2v) is 8.95. The highest BCUT2D eigenvalue weighted by Crippen LogP contribution is 2.41. The van der Waals surface area contributed by atoms with E-state index in [4.69, 9.17) is 9.47 Å². The molecule has 0 amide bonds. The number of rotatable bonds is 9. The molecule has 1 fully saturated rings. The molecule has 0 spiro atoms. The SMILES string of the molecule is COc1ccnc(C(=O)C[C@@H](C)C(=O)O[C@@H](C)[C@H](c2ccc(F)cc2C)C2CCCC2)c1O. The summed E-state index contributed by atoms with van der Waals surface area (Å²) < 4.78 is 24.6. The Morgan fingerprint density at radius 3 is 2.55 bits per heavy atom. The highest BCUT2D eigenvalue weighted by atomic mass is 19.1. The van der Waals surface area contributed by atoms with Gasteiger partial charge in [-0.1, -0.05) is 25.8 Å². The highest BCUT2D eigenvalue weighted by molar-refractivity contribution is 5.99. The van der Waals surface area contributed by atoms with Gasteiger partial charge in [0.15, 0.2) is 23.0 Å². The molecule has 0 saturated heterocycles. The zero-order chi connectivity index (χ0) is 24.1. The molecule has 1 heterocycles. The summed E-state index contributed by atoms with van der Waals surface area (Å²) >= 11 is 0. The Bertz CT molecular complexity index is 1000. The Balaban J connectivity index is 1.72. The molecule has 1 saturated carbocycles. The zero-order valence-electron chi connectivity index (χ0n) is 19.6. The summed E-state index contributed by atoms with van der Waals surface area (Å²) in [7, 11) is 1.38. The minimum absolute atomic E-state index is 0.0379. The fourth-order valence-electron chi connectivity index (χ4n) is 4.86. The van der Waals surface area contributed by atoms with Crippen molar-refractivity contribution in [1.29, 1.82) is 0 Å². The number of benzene rings is 1. The Labute approximate surface area is 194 Å². The van der Waals surface area contributed by atoms with Gasteiger partial charge in [0, 0.05) is 24.6 Å². The van der Waals surface area contributed by atoms with Crippen molar-refractivity contribution in [3.8, 4) is 11.5 Å². The first-order valence-electron chi connectivity index (χ1n) is 11.4. The van der Waals surface area contributed by atoms with Gasteiger partial charge < -0.3 is 14.6 Å². The van der Waals surface area contributed by atoms with Crippen LogP contribution in [0.4, 0.5) is 4.39 Å². The number of halogens is 1.